The summed E-state index contributed by atoms with van der Waals surface area (Å²) in [6.07, 6.45) is 8.38. The number of anilines is 2. The molecule has 15 nitrogen and oxygen atoms in total. The molecule has 0 bridgehead atoms. The molecule has 1 aromatic heterocycles. The first-order chi connectivity index (χ1) is 33.2. The first-order valence-electron chi connectivity index (χ1n) is 22.2. The van der Waals surface area contributed by atoms with Gasteiger partial charge < -0.3 is 43.2 Å². The maximum absolute atomic E-state index is 13.3. The van der Waals surface area contributed by atoms with Crippen molar-refractivity contribution in [1.82, 2.24) is 4.90 Å². The Balaban J connectivity index is 0.972. The van der Waals surface area contributed by atoms with Crippen molar-refractivity contribution in [3.8, 4) is 39.9 Å². The lowest BCUT2D eigenvalue weighted by molar-refractivity contribution is -0.138. The normalized spacial score (nSPS) is 16.0. The van der Waals surface area contributed by atoms with Crippen LogP contribution in [-0.2, 0) is 28.6 Å². The summed E-state index contributed by atoms with van der Waals surface area (Å²) in [5.41, 5.74) is 4.21. The second-order valence-corrected chi connectivity index (χ2v) is 17.0. The van der Waals surface area contributed by atoms with E-state index < -0.39 is 11.9 Å². The number of carbonyl (C=O) groups excluding carboxylic acids is 4. The number of rotatable bonds is 22. The molecule has 5 aromatic rings. The molecule has 1 fully saturated rings. The second kappa shape index (κ2) is 22.1. The van der Waals surface area contributed by atoms with Crippen LogP contribution in [0.5, 0.6) is 28.7 Å². The Morgan fingerprint density at radius 2 is 1.62 bits per heavy atom. The van der Waals surface area contributed by atoms with Gasteiger partial charge in [0.2, 0.25) is 6.79 Å². The Morgan fingerprint density at radius 3 is 2.38 bits per heavy atom. The number of ether oxygens (including phenoxy) is 8. The van der Waals surface area contributed by atoms with E-state index in [-0.39, 0.29) is 63.6 Å². The van der Waals surface area contributed by atoms with E-state index in [1.807, 2.05) is 42.5 Å². The van der Waals surface area contributed by atoms with Gasteiger partial charge in [-0.3, -0.25) is 14.5 Å². The highest BCUT2D eigenvalue weighted by molar-refractivity contribution is 7.22. The number of nitrogens with one attached hydrogen (secondary N) is 1. The molecule has 1 saturated carbocycles. The molecule has 3 heterocycles. The molecule has 0 spiro atoms. The molecule has 0 saturated heterocycles. The minimum atomic E-state index is -0.514. The average molecular weight is 940 g/mol. The molecule has 1 aliphatic carbocycles. The molecule has 350 valence electrons. The molecular weight excluding hydrogens is 891 g/mol. The lowest BCUT2D eigenvalue weighted by atomic mass is 9.82. The Hall–Kier alpha value is -7.77. The SMILES string of the molecule is [C-]#[N+]c1cc2cc(Nc3cc(C4CCC(OC(=O)c5ccc(OCCCN6C(=O)C=CC6=O)cc5)CC4)cc(OCCOC=C)c3OCCCOC(=O)C=C)sc2cc1-c1ccc2c(c1)OCO2. The van der Waals surface area contributed by atoms with Crippen LogP contribution in [0, 0.1) is 6.57 Å². The summed E-state index contributed by atoms with van der Waals surface area (Å²) in [7, 11) is 0. The molecule has 2 aliphatic heterocycles. The van der Waals surface area contributed by atoms with Crippen molar-refractivity contribution in [3.63, 3.8) is 0 Å². The minimum Gasteiger partial charge on any atom is -0.498 e. The molecule has 0 unspecified atom stereocenters. The number of thiophene rings is 1. The van der Waals surface area contributed by atoms with Crippen LogP contribution in [-0.4, -0.2) is 81.1 Å². The number of fused-ring (bicyclic) bond motifs is 2. The molecule has 4 aromatic carbocycles. The number of hydrogen-bond acceptors (Lipinski definition) is 14. The zero-order valence-corrected chi connectivity index (χ0v) is 38.0. The lowest BCUT2D eigenvalue weighted by Crippen LogP contribution is -2.31. The van der Waals surface area contributed by atoms with E-state index in [1.165, 1.54) is 34.7 Å². The molecule has 0 atom stereocenters. The molecule has 1 N–H and O–H groups in total. The van der Waals surface area contributed by atoms with E-state index >= 15 is 0 Å². The molecule has 8 rings (SSSR count). The van der Waals surface area contributed by atoms with Crippen LogP contribution in [0.15, 0.2) is 110 Å². The third-order valence-corrected chi connectivity index (χ3v) is 12.5. The first-order valence-corrected chi connectivity index (χ1v) is 23.1. The van der Waals surface area contributed by atoms with Gasteiger partial charge in [0.25, 0.3) is 11.8 Å². The Kier molecular flexibility index (Phi) is 15.2. The highest BCUT2D eigenvalue weighted by Gasteiger charge is 2.28. The zero-order valence-electron chi connectivity index (χ0n) is 37.2. The van der Waals surface area contributed by atoms with Crippen LogP contribution in [0.25, 0.3) is 26.1 Å². The number of amides is 2. The summed E-state index contributed by atoms with van der Waals surface area (Å²) in [6, 6.07) is 22.3. The summed E-state index contributed by atoms with van der Waals surface area (Å²) in [5.74, 6) is 1.35. The number of hydrogen-bond donors (Lipinski definition) is 1. The van der Waals surface area contributed by atoms with E-state index in [0.717, 1.165) is 50.7 Å². The van der Waals surface area contributed by atoms with Crippen LogP contribution < -0.4 is 29.0 Å². The third kappa shape index (κ3) is 11.4. The highest BCUT2D eigenvalue weighted by Crippen LogP contribution is 2.47. The van der Waals surface area contributed by atoms with E-state index in [9.17, 15) is 19.2 Å². The average Bonchev–Trinajstić information content (AvgIpc) is 4.09. The maximum Gasteiger partial charge on any atom is 0.338 e. The molecular formula is C52H49N3O12S. The van der Waals surface area contributed by atoms with E-state index in [4.69, 9.17) is 44.5 Å². The van der Waals surface area contributed by atoms with Crippen molar-refractivity contribution >= 4 is 61.6 Å². The van der Waals surface area contributed by atoms with Gasteiger partial charge in [0.1, 0.15) is 25.1 Å². The minimum absolute atomic E-state index is 0.104. The number of imide groups is 1. The van der Waals surface area contributed by atoms with Gasteiger partial charge in [-0.1, -0.05) is 19.2 Å². The fraction of sp³-hybridized carbons (Fsp3) is 0.288. The van der Waals surface area contributed by atoms with Gasteiger partial charge in [0, 0.05) is 35.9 Å². The van der Waals surface area contributed by atoms with Crippen molar-refractivity contribution in [2.75, 3.05) is 51.7 Å². The van der Waals surface area contributed by atoms with Crippen LogP contribution in [0.2, 0.25) is 0 Å². The summed E-state index contributed by atoms with van der Waals surface area (Å²) < 4.78 is 47.2. The van der Waals surface area contributed by atoms with Gasteiger partial charge in [-0.15, -0.1) is 11.3 Å². The van der Waals surface area contributed by atoms with Gasteiger partial charge >= 0.3 is 11.9 Å². The van der Waals surface area contributed by atoms with E-state index in [2.05, 4.69) is 29.4 Å². The van der Waals surface area contributed by atoms with E-state index in [1.54, 1.807) is 24.3 Å². The van der Waals surface area contributed by atoms with Crippen molar-refractivity contribution in [1.29, 1.82) is 0 Å². The Labute approximate surface area is 397 Å². The van der Waals surface area contributed by atoms with Crippen molar-refractivity contribution in [2.24, 2.45) is 0 Å². The molecule has 2 amide bonds. The maximum atomic E-state index is 13.3. The topological polar surface area (TPSA) is 162 Å². The monoisotopic (exact) mass is 939 g/mol. The Bertz CT molecular complexity index is 2750. The molecule has 68 heavy (non-hydrogen) atoms. The second-order valence-electron chi connectivity index (χ2n) is 15.9. The number of benzene rings is 4. The van der Waals surface area contributed by atoms with Crippen molar-refractivity contribution in [2.45, 2.75) is 50.5 Å². The van der Waals surface area contributed by atoms with Crippen LogP contribution in [0.3, 0.4) is 0 Å². The van der Waals surface area contributed by atoms with Gasteiger partial charge in [-0.05, 0) is 127 Å². The molecule has 3 aliphatic rings. The number of esters is 2. The summed E-state index contributed by atoms with van der Waals surface area (Å²) in [6.45, 7) is 16.6. The fourth-order valence-electron chi connectivity index (χ4n) is 8.10. The molecule has 0 radical (unpaired) electrons. The lowest BCUT2D eigenvalue weighted by Gasteiger charge is -2.29. The standard InChI is InChI=1S/C52H49N3O12S/c1-4-50(58)63-22-7-23-64-51-42(54-47-30-37-27-41(53-3)40(31-46(37)68-47)35-12-17-43-44(28-35)66-32-65-43)26-36(29-45(51)62-25-24-60-5-2)33-8-15-39(16-9-33)67-52(59)34-10-13-38(14-11-34)61-21-6-20-55-48(56)18-19-49(55)57/h4-5,10-14,17-19,26-31,33,39,54H,1-2,6-9,15-16,20-25,32H2. The van der Waals surface area contributed by atoms with Gasteiger partial charge in [0.05, 0.1) is 48.9 Å². The third-order valence-electron chi connectivity index (χ3n) is 11.5. The van der Waals surface area contributed by atoms with Crippen molar-refractivity contribution < 1.29 is 57.1 Å². The molecule has 16 heteroatoms. The fourth-order valence-corrected chi connectivity index (χ4v) is 9.09. The zero-order chi connectivity index (χ0) is 47.4. The van der Waals surface area contributed by atoms with Crippen LogP contribution in [0.1, 0.15) is 60.4 Å². The van der Waals surface area contributed by atoms with Crippen LogP contribution in [0.4, 0.5) is 16.4 Å². The number of nitrogens with zero attached hydrogens (tertiary/aromatic N) is 2. The quantitative estimate of drug-likeness (QED) is 0.0174. The van der Waals surface area contributed by atoms with Crippen molar-refractivity contribution in [3.05, 3.63) is 133 Å². The first kappa shape index (κ1) is 46.7. The highest BCUT2D eigenvalue weighted by atomic mass is 32.1. The summed E-state index contributed by atoms with van der Waals surface area (Å²) in [4.78, 5) is 53.5. The largest absolute Gasteiger partial charge is 0.498 e. The number of carbonyl (C=O) groups is 4. The van der Waals surface area contributed by atoms with E-state index in [0.29, 0.717) is 78.0 Å². The summed E-state index contributed by atoms with van der Waals surface area (Å²) in [5, 5.41) is 5.32. The summed E-state index contributed by atoms with van der Waals surface area (Å²) >= 11 is 1.53. The Morgan fingerprint density at radius 1 is 0.838 bits per heavy atom. The predicted octanol–water partition coefficient (Wildman–Crippen LogP) is 10.2. The van der Waals surface area contributed by atoms with Gasteiger partial charge in [-0.2, -0.15) is 0 Å². The van der Waals surface area contributed by atoms with Crippen LogP contribution >= 0.6 is 11.3 Å². The predicted molar refractivity (Wildman–Crippen MR) is 255 cm³/mol. The van der Waals surface area contributed by atoms with Gasteiger partial charge in [-0.25, -0.2) is 14.4 Å². The smallest absolute Gasteiger partial charge is 0.338 e. The van der Waals surface area contributed by atoms with Gasteiger partial charge in [0.15, 0.2) is 28.7 Å².